The maximum Gasteiger partial charge on any atom is 0.323 e. The van der Waals surface area contributed by atoms with Crippen molar-refractivity contribution >= 4 is 34.3 Å². The van der Waals surface area contributed by atoms with Crippen LogP contribution >= 0.6 is 0 Å². The average Bonchev–Trinajstić information content (AvgIpc) is 2.85. The van der Waals surface area contributed by atoms with Gasteiger partial charge in [0, 0.05) is 48.4 Å². The van der Waals surface area contributed by atoms with Crippen LogP contribution in [-0.4, -0.2) is 65.4 Å². The maximum atomic E-state index is 11.4. The zero-order valence-corrected chi connectivity index (χ0v) is 21.4. The van der Waals surface area contributed by atoms with Gasteiger partial charge in [0.15, 0.2) is 0 Å². The highest BCUT2D eigenvalue weighted by atomic mass is 16.5. The number of fused-ring (bicyclic) bond motifs is 2. The highest BCUT2D eigenvalue weighted by molar-refractivity contribution is 6.03. The van der Waals surface area contributed by atoms with Crippen LogP contribution in [0.1, 0.15) is 0 Å². The molecule has 0 spiro atoms. The molecule has 2 aliphatic rings. The zero-order chi connectivity index (χ0) is 26.9. The zero-order valence-electron chi connectivity index (χ0n) is 21.4. The Bertz CT molecular complexity index is 1520. The molecular formula is C28H29N3O6. The molecule has 192 valence electrons. The van der Waals surface area contributed by atoms with E-state index in [1.54, 1.807) is 12.1 Å². The van der Waals surface area contributed by atoms with Gasteiger partial charge in [0.05, 0.1) is 31.4 Å². The van der Waals surface area contributed by atoms with Crippen LogP contribution in [0.4, 0.5) is 11.4 Å². The highest BCUT2D eigenvalue weighted by Gasteiger charge is 2.21. The number of ether oxygens (including phenoxy) is 1. The van der Waals surface area contributed by atoms with E-state index < -0.39 is 25.0 Å². The monoisotopic (exact) mass is 503 g/mol. The van der Waals surface area contributed by atoms with E-state index in [4.69, 9.17) is 9.15 Å². The van der Waals surface area contributed by atoms with Gasteiger partial charge in [-0.15, -0.1) is 0 Å². The van der Waals surface area contributed by atoms with Crippen LogP contribution in [0.5, 0.6) is 5.75 Å². The molecule has 0 aromatic heterocycles. The number of aliphatic carboxylic acids is 2. The third-order valence-electron chi connectivity index (χ3n) is 6.18. The molecule has 0 atom stereocenters. The van der Waals surface area contributed by atoms with E-state index in [1.165, 1.54) is 12.0 Å². The van der Waals surface area contributed by atoms with E-state index in [9.17, 15) is 19.8 Å². The van der Waals surface area contributed by atoms with Crippen molar-refractivity contribution in [2.45, 2.75) is 0 Å². The summed E-state index contributed by atoms with van der Waals surface area (Å²) in [7, 11) is 9.32. The lowest BCUT2D eigenvalue weighted by atomic mass is 9.93. The standard InChI is InChI=1S/C28H29N3O6/c1-29(2)18-7-9-20-23(13-18)37-24-14-19(30(3)4)8-10-21(24)28(20)17-6-11-22(25(12-17)36-5)31(15-26(32)33)16-27(34)35/h6-14H,15-16H2,1-5H3,(H-,32,33,34,35). The summed E-state index contributed by atoms with van der Waals surface area (Å²) in [5, 5.41) is 22.5. The van der Waals surface area contributed by atoms with Crippen molar-refractivity contribution in [3.63, 3.8) is 0 Å². The quantitative estimate of drug-likeness (QED) is 0.287. The van der Waals surface area contributed by atoms with Crippen LogP contribution in [-0.2, 0) is 9.59 Å². The van der Waals surface area contributed by atoms with E-state index in [0.717, 1.165) is 33.1 Å². The van der Waals surface area contributed by atoms with Crippen molar-refractivity contribution in [3.8, 4) is 28.2 Å². The van der Waals surface area contributed by atoms with E-state index in [2.05, 4.69) is 0 Å². The number of benzene rings is 3. The molecule has 2 aromatic carbocycles. The first kappa shape index (κ1) is 25.6. The smallest absolute Gasteiger partial charge is 0.323 e. The van der Waals surface area contributed by atoms with Crippen LogP contribution in [0.2, 0.25) is 0 Å². The number of carboxylic acids is 2. The minimum Gasteiger partial charge on any atom is -0.548 e. The molecule has 1 aliphatic heterocycles. The summed E-state index contributed by atoms with van der Waals surface area (Å²) >= 11 is 0. The normalized spacial score (nSPS) is 10.9. The van der Waals surface area contributed by atoms with Gasteiger partial charge in [0.1, 0.15) is 37.7 Å². The molecule has 9 heteroatoms. The summed E-state index contributed by atoms with van der Waals surface area (Å²) in [5.74, 6) is -1.50. The Balaban J connectivity index is 1.99. The van der Waals surface area contributed by atoms with E-state index in [0.29, 0.717) is 22.8 Å². The lowest BCUT2D eigenvalue weighted by Crippen LogP contribution is -2.40. The second kappa shape index (κ2) is 10.2. The van der Waals surface area contributed by atoms with Crippen LogP contribution in [0.3, 0.4) is 0 Å². The predicted octanol–water partition coefficient (Wildman–Crippen LogP) is 1.95. The van der Waals surface area contributed by atoms with Gasteiger partial charge in [0.2, 0.25) is 5.36 Å². The van der Waals surface area contributed by atoms with Gasteiger partial charge in [-0.1, -0.05) is 6.07 Å². The summed E-state index contributed by atoms with van der Waals surface area (Å²) in [6.45, 7) is -1.10. The first-order chi connectivity index (χ1) is 17.6. The van der Waals surface area contributed by atoms with Gasteiger partial charge in [-0.25, -0.2) is 4.58 Å². The summed E-state index contributed by atoms with van der Waals surface area (Å²) < 4.78 is 14.0. The number of carboxylic acid groups (broad SMARTS) is 2. The topological polar surface area (TPSA) is 109 Å². The number of hydrogen-bond donors (Lipinski definition) is 1. The Hall–Kier alpha value is -4.53. The second-order valence-electron chi connectivity index (χ2n) is 9.14. The number of nitrogens with zero attached hydrogens (tertiary/aromatic N) is 3. The number of carbonyl (C=O) groups excluding carboxylic acids is 1. The largest absolute Gasteiger partial charge is 0.548 e. The van der Waals surface area contributed by atoms with Crippen molar-refractivity contribution < 1.29 is 29.0 Å². The highest BCUT2D eigenvalue weighted by Crippen LogP contribution is 2.43. The molecular weight excluding hydrogens is 474 g/mol. The second-order valence-corrected chi connectivity index (χ2v) is 9.14. The number of hydrogen-bond acceptors (Lipinski definition) is 7. The van der Waals surface area contributed by atoms with E-state index in [1.807, 2.05) is 80.1 Å². The Morgan fingerprint density at radius 3 is 2.41 bits per heavy atom. The number of methoxy groups -OCH3 is 1. The molecule has 1 aliphatic carbocycles. The van der Waals surface area contributed by atoms with Crippen molar-refractivity contribution in [2.75, 3.05) is 58.2 Å². The molecule has 0 unspecified atom stereocenters. The Morgan fingerprint density at radius 1 is 1.03 bits per heavy atom. The maximum absolute atomic E-state index is 11.4. The summed E-state index contributed by atoms with van der Waals surface area (Å²) in [5.41, 5.74) is 4.66. The van der Waals surface area contributed by atoms with Gasteiger partial charge < -0.3 is 34.0 Å². The molecule has 0 bridgehead atoms. The first-order valence-electron chi connectivity index (χ1n) is 11.6. The summed E-state index contributed by atoms with van der Waals surface area (Å²) in [4.78, 5) is 25.9. The van der Waals surface area contributed by atoms with E-state index >= 15 is 0 Å². The third kappa shape index (κ3) is 5.20. The van der Waals surface area contributed by atoms with Gasteiger partial charge in [-0.05, 0) is 35.9 Å². The number of anilines is 2. The first-order valence-corrected chi connectivity index (χ1v) is 11.6. The molecule has 4 rings (SSSR count). The summed E-state index contributed by atoms with van der Waals surface area (Å²) in [6.07, 6.45) is 0. The molecule has 0 radical (unpaired) electrons. The molecule has 0 saturated carbocycles. The lowest BCUT2D eigenvalue weighted by molar-refractivity contribution is -0.303. The fourth-order valence-corrected chi connectivity index (χ4v) is 4.37. The van der Waals surface area contributed by atoms with Crippen molar-refractivity contribution in [1.82, 2.24) is 4.58 Å². The van der Waals surface area contributed by atoms with Crippen LogP contribution in [0.15, 0.2) is 59.0 Å². The predicted molar refractivity (Wildman–Crippen MR) is 141 cm³/mol. The van der Waals surface area contributed by atoms with Crippen LogP contribution in [0, 0.1) is 0 Å². The lowest BCUT2D eigenvalue weighted by Gasteiger charge is -2.26. The van der Waals surface area contributed by atoms with Gasteiger partial charge in [-0.3, -0.25) is 4.79 Å². The van der Waals surface area contributed by atoms with Crippen LogP contribution < -0.4 is 29.6 Å². The van der Waals surface area contributed by atoms with Crippen molar-refractivity contribution in [2.24, 2.45) is 0 Å². The minimum atomic E-state index is -1.39. The molecule has 1 N–H and O–H groups in total. The Kier molecular flexibility index (Phi) is 7.06. The molecule has 37 heavy (non-hydrogen) atoms. The van der Waals surface area contributed by atoms with Gasteiger partial charge in [0.25, 0.3) is 0 Å². The average molecular weight is 504 g/mol. The van der Waals surface area contributed by atoms with E-state index in [-0.39, 0.29) is 0 Å². The number of carbonyl (C=O) groups is 2. The molecule has 0 saturated heterocycles. The SMILES string of the molecule is COc1cc(-c2c3ccc(=[N+](C)C)cc-3oc3cc(N(C)C)ccc23)ccc1N(CC(=O)[O-])CC(=O)O. The molecule has 2 aromatic rings. The third-order valence-corrected chi connectivity index (χ3v) is 6.18. The Morgan fingerprint density at radius 2 is 1.78 bits per heavy atom. The molecule has 1 heterocycles. The number of rotatable bonds is 8. The van der Waals surface area contributed by atoms with Gasteiger partial charge >= 0.3 is 5.97 Å². The Labute approximate surface area is 214 Å². The molecule has 9 nitrogen and oxygen atoms in total. The van der Waals surface area contributed by atoms with Crippen molar-refractivity contribution in [1.29, 1.82) is 0 Å². The summed E-state index contributed by atoms with van der Waals surface area (Å²) in [6, 6.07) is 17.3. The molecule has 0 fully saturated rings. The van der Waals surface area contributed by atoms with Gasteiger partial charge in [-0.2, -0.15) is 0 Å². The van der Waals surface area contributed by atoms with Crippen LogP contribution in [0.25, 0.3) is 33.4 Å². The fraction of sp³-hybridized carbons (Fsp3) is 0.250. The minimum absolute atomic E-state index is 0.344. The fourth-order valence-electron chi connectivity index (χ4n) is 4.37. The molecule has 0 amide bonds. The van der Waals surface area contributed by atoms with Crippen molar-refractivity contribution in [3.05, 3.63) is 60.0 Å².